The lowest BCUT2D eigenvalue weighted by Crippen LogP contribution is -2.43. The molecule has 1 amide bonds. The van der Waals surface area contributed by atoms with Gasteiger partial charge in [-0.25, -0.2) is 0 Å². The van der Waals surface area contributed by atoms with Gasteiger partial charge in [0.1, 0.15) is 5.75 Å². The van der Waals surface area contributed by atoms with Gasteiger partial charge in [0.15, 0.2) is 0 Å². The fourth-order valence-corrected chi connectivity index (χ4v) is 3.69. The van der Waals surface area contributed by atoms with Gasteiger partial charge in [0.2, 0.25) is 5.91 Å². The highest BCUT2D eigenvalue weighted by atomic mass is 32.2. The second-order valence-electron chi connectivity index (χ2n) is 5.85. The fraction of sp³-hybridized carbons (Fsp3) is 0.938. The fourth-order valence-electron chi connectivity index (χ4n) is 2.66. The monoisotopic (exact) mass is 301 g/mol. The SMILES string of the molecule is CCCCCCCCCCCCN1CCS(=O)CC1=O. The number of rotatable bonds is 11. The first-order valence-corrected chi connectivity index (χ1v) is 9.85. The largest absolute Gasteiger partial charge is 0.341 e. The maximum Gasteiger partial charge on any atom is 0.235 e. The summed E-state index contributed by atoms with van der Waals surface area (Å²) in [4.78, 5) is 13.5. The second kappa shape index (κ2) is 11.3. The summed E-state index contributed by atoms with van der Waals surface area (Å²) in [5.41, 5.74) is 0. The number of carbonyl (C=O) groups is 1. The summed E-state index contributed by atoms with van der Waals surface area (Å²) in [6.07, 6.45) is 13.2. The molecule has 0 aromatic rings. The third-order valence-electron chi connectivity index (χ3n) is 4.01. The van der Waals surface area contributed by atoms with E-state index in [9.17, 15) is 9.00 Å². The summed E-state index contributed by atoms with van der Waals surface area (Å²) in [6, 6.07) is 0. The summed E-state index contributed by atoms with van der Waals surface area (Å²) in [7, 11) is -0.898. The summed E-state index contributed by atoms with van der Waals surface area (Å²) in [6.45, 7) is 3.82. The molecule has 1 aliphatic rings. The number of nitrogens with zero attached hydrogens (tertiary/aromatic N) is 1. The zero-order valence-corrected chi connectivity index (χ0v) is 13.9. The molecule has 1 atom stereocenters. The van der Waals surface area contributed by atoms with Crippen molar-refractivity contribution in [1.29, 1.82) is 0 Å². The predicted molar refractivity (Wildman–Crippen MR) is 86.3 cm³/mol. The summed E-state index contributed by atoms with van der Waals surface area (Å²) >= 11 is 0. The minimum Gasteiger partial charge on any atom is -0.341 e. The molecule has 20 heavy (non-hydrogen) atoms. The highest BCUT2D eigenvalue weighted by Gasteiger charge is 2.21. The van der Waals surface area contributed by atoms with Crippen LogP contribution >= 0.6 is 0 Å². The minimum absolute atomic E-state index is 0.0884. The molecule has 1 heterocycles. The Labute approximate surface area is 127 Å². The molecule has 1 fully saturated rings. The molecule has 1 unspecified atom stereocenters. The summed E-state index contributed by atoms with van der Waals surface area (Å²) < 4.78 is 11.2. The summed E-state index contributed by atoms with van der Waals surface area (Å²) in [5, 5.41) is 0. The first-order chi connectivity index (χ1) is 9.74. The topological polar surface area (TPSA) is 37.4 Å². The van der Waals surface area contributed by atoms with Crippen LogP contribution in [0.1, 0.15) is 71.1 Å². The van der Waals surface area contributed by atoms with Crippen molar-refractivity contribution in [3.63, 3.8) is 0 Å². The van der Waals surface area contributed by atoms with Crippen LogP contribution in [-0.2, 0) is 15.6 Å². The maximum atomic E-state index is 11.6. The Bertz CT molecular complexity index is 294. The minimum atomic E-state index is -0.898. The highest BCUT2D eigenvalue weighted by molar-refractivity contribution is 7.85. The van der Waals surface area contributed by atoms with Crippen LogP contribution in [0.4, 0.5) is 0 Å². The number of hydrogen-bond donors (Lipinski definition) is 0. The van der Waals surface area contributed by atoms with Crippen molar-refractivity contribution >= 4 is 16.7 Å². The normalized spacial score (nSPS) is 19.6. The van der Waals surface area contributed by atoms with Crippen molar-refractivity contribution in [2.75, 3.05) is 24.6 Å². The molecule has 4 heteroatoms. The number of unbranched alkanes of at least 4 members (excludes halogenated alkanes) is 9. The lowest BCUT2D eigenvalue weighted by Gasteiger charge is -2.26. The first kappa shape index (κ1) is 17.7. The smallest absolute Gasteiger partial charge is 0.235 e. The average Bonchev–Trinajstić information content (AvgIpc) is 2.43. The van der Waals surface area contributed by atoms with Gasteiger partial charge in [-0.05, 0) is 6.42 Å². The molecule has 1 aliphatic heterocycles. The zero-order valence-electron chi connectivity index (χ0n) is 13.1. The van der Waals surface area contributed by atoms with Crippen molar-refractivity contribution < 1.29 is 9.00 Å². The molecular formula is C16H31NO2S. The Hall–Kier alpha value is -0.380. The van der Waals surface area contributed by atoms with Crippen molar-refractivity contribution in [1.82, 2.24) is 4.90 Å². The van der Waals surface area contributed by atoms with Crippen LogP contribution in [0.5, 0.6) is 0 Å². The number of hydrogen-bond acceptors (Lipinski definition) is 2. The van der Waals surface area contributed by atoms with E-state index in [0.717, 1.165) is 13.0 Å². The molecule has 0 aromatic carbocycles. The Balaban J connectivity index is 1.87. The van der Waals surface area contributed by atoms with E-state index in [1.807, 2.05) is 4.90 Å². The zero-order chi connectivity index (χ0) is 14.6. The van der Waals surface area contributed by atoms with Crippen LogP contribution in [0.15, 0.2) is 0 Å². The molecular weight excluding hydrogens is 270 g/mol. The Morgan fingerprint density at radius 2 is 1.50 bits per heavy atom. The Morgan fingerprint density at radius 1 is 0.950 bits per heavy atom. The van der Waals surface area contributed by atoms with E-state index >= 15 is 0 Å². The first-order valence-electron chi connectivity index (χ1n) is 8.36. The van der Waals surface area contributed by atoms with E-state index < -0.39 is 10.8 Å². The lowest BCUT2D eigenvalue weighted by molar-refractivity contribution is -0.128. The molecule has 0 radical (unpaired) electrons. The molecule has 1 rings (SSSR count). The predicted octanol–water partition coefficient (Wildman–Crippen LogP) is 3.50. The van der Waals surface area contributed by atoms with Gasteiger partial charge in [0.25, 0.3) is 0 Å². The van der Waals surface area contributed by atoms with Crippen molar-refractivity contribution in [2.45, 2.75) is 71.1 Å². The third kappa shape index (κ3) is 8.03. The molecule has 0 N–H and O–H groups in total. The van der Waals surface area contributed by atoms with Crippen molar-refractivity contribution in [3.8, 4) is 0 Å². The van der Waals surface area contributed by atoms with Gasteiger partial charge in [0.05, 0.1) is 0 Å². The number of carbonyl (C=O) groups excluding carboxylic acids is 1. The van der Waals surface area contributed by atoms with E-state index in [0.29, 0.717) is 12.3 Å². The van der Waals surface area contributed by atoms with Gasteiger partial charge in [-0.2, -0.15) is 0 Å². The number of amides is 1. The molecule has 1 saturated heterocycles. The van der Waals surface area contributed by atoms with Crippen LogP contribution in [0.25, 0.3) is 0 Å². The van der Waals surface area contributed by atoms with E-state index in [4.69, 9.17) is 0 Å². The van der Waals surface area contributed by atoms with E-state index in [2.05, 4.69) is 6.92 Å². The Morgan fingerprint density at radius 3 is 2.05 bits per heavy atom. The Kier molecular flexibility index (Phi) is 9.98. The molecule has 3 nitrogen and oxygen atoms in total. The highest BCUT2D eigenvalue weighted by Crippen LogP contribution is 2.11. The molecule has 0 spiro atoms. The van der Waals surface area contributed by atoms with E-state index in [1.165, 1.54) is 57.8 Å². The van der Waals surface area contributed by atoms with Crippen LogP contribution in [0, 0.1) is 0 Å². The van der Waals surface area contributed by atoms with Crippen molar-refractivity contribution in [3.05, 3.63) is 0 Å². The third-order valence-corrected chi connectivity index (χ3v) is 5.21. The van der Waals surface area contributed by atoms with Gasteiger partial charge in [0, 0.05) is 29.6 Å². The van der Waals surface area contributed by atoms with Crippen LogP contribution in [0.2, 0.25) is 0 Å². The average molecular weight is 301 g/mol. The molecule has 118 valence electrons. The van der Waals surface area contributed by atoms with Gasteiger partial charge in [-0.15, -0.1) is 0 Å². The van der Waals surface area contributed by atoms with Gasteiger partial charge in [-0.3, -0.25) is 9.00 Å². The van der Waals surface area contributed by atoms with Gasteiger partial charge >= 0.3 is 0 Å². The molecule has 0 bridgehead atoms. The van der Waals surface area contributed by atoms with E-state index in [1.54, 1.807) is 0 Å². The maximum absolute atomic E-state index is 11.6. The van der Waals surface area contributed by atoms with Gasteiger partial charge < -0.3 is 4.90 Å². The van der Waals surface area contributed by atoms with Gasteiger partial charge in [-0.1, -0.05) is 64.7 Å². The molecule has 0 aromatic heterocycles. The van der Waals surface area contributed by atoms with Crippen molar-refractivity contribution in [2.24, 2.45) is 0 Å². The lowest BCUT2D eigenvalue weighted by atomic mass is 10.1. The van der Waals surface area contributed by atoms with Crippen LogP contribution < -0.4 is 0 Å². The second-order valence-corrected chi connectivity index (χ2v) is 7.43. The van der Waals surface area contributed by atoms with E-state index in [-0.39, 0.29) is 11.7 Å². The summed E-state index contributed by atoms with van der Waals surface area (Å²) in [5.74, 6) is 1.01. The quantitative estimate of drug-likeness (QED) is 0.548. The van der Waals surface area contributed by atoms with Crippen LogP contribution in [-0.4, -0.2) is 39.6 Å². The molecule has 0 saturated carbocycles. The molecule has 0 aliphatic carbocycles. The van der Waals surface area contributed by atoms with Crippen LogP contribution in [0.3, 0.4) is 0 Å². The standard InChI is InChI=1S/C16H31NO2S/c1-2-3-4-5-6-7-8-9-10-11-12-17-13-14-20(19)15-16(17)18/h2-15H2,1H3.